The number of amides is 2. The van der Waals surface area contributed by atoms with E-state index in [1.807, 2.05) is 0 Å². The molecule has 0 bridgehead atoms. The Kier molecular flexibility index (Phi) is 5.24. The first kappa shape index (κ1) is 22.5. The van der Waals surface area contributed by atoms with Crippen molar-refractivity contribution >= 4 is 11.7 Å². The molecule has 1 N–H and O–H groups in total. The van der Waals surface area contributed by atoms with E-state index in [-0.39, 0.29) is 30.1 Å². The van der Waals surface area contributed by atoms with E-state index in [0.717, 1.165) is 16.2 Å². The van der Waals surface area contributed by atoms with Gasteiger partial charge in [0, 0.05) is 31.3 Å². The minimum Gasteiger partial charge on any atom is -0.336 e. The molecule has 0 spiro atoms. The average molecular weight is 478 g/mol. The summed E-state index contributed by atoms with van der Waals surface area (Å²) >= 11 is 0. The van der Waals surface area contributed by atoms with Gasteiger partial charge in [-0.15, -0.1) is 5.10 Å². The van der Waals surface area contributed by atoms with E-state index in [2.05, 4.69) is 10.4 Å². The lowest BCUT2D eigenvalue weighted by Crippen LogP contribution is -2.44. The number of carbonyl (C=O) groups is 1. The first-order chi connectivity index (χ1) is 16.7. The lowest BCUT2D eigenvalue weighted by Gasteiger charge is -2.19. The number of rotatable bonds is 4. The second-order valence-electron chi connectivity index (χ2n) is 8.55. The molecule has 2 aliphatic rings. The van der Waals surface area contributed by atoms with Crippen molar-refractivity contribution in [2.24, 2.45) is 0 Å². The topological polar surface area (TPSA) is 113 Å². The van der Waals surface area contributed by atoms with E-state index >= 15 is 0 Å². The highest BCUT2D eigenvalue weighted by atomic mass is 19.3. The van der Waals surface area contributed by atoms with Crippen LogP contribution < -0.4 is 21.5 Å². The summed E-state index contributed by atoms with van der Waals surface area (Å²) in [6.07, 6.45) is 0.526. The molecule has 1 fully saturated rings. The fourth-order valence-electron chi connectivity index (χ4n) is 4.81. The third-order valence-corrected chi connectivity index (χ3v) is 6.40. The molecule has 0 unspecified atom stereocenters. The number of halogens is 2. The van der Waals surface area contributed by atoms with Crippen molar-refractivity contribution in [3.8, 4) is 11.8 Å². The fraction of sp³-hybridized carbons (Fsp3) is 0.292. The fourth-order valence-corrected chi connectivity index (χ4v) is 4.81. The molecule has 35 heavy (non-hydrogen) atoms. The lowest BCUT2D eigenvalue weighted by molar-refractivity contribution is 0.0166. The van der Waals surface area contributed by atoms with Gasteiger partial charge in [-0.05, 0) is 48.2 Å². The summed E-state index contributed by atoms with van der Waals surface area (Å²) in [7, 11) is 0. The number of carbonyl (C=O) groups excluding carboxylic acids is 1. The summed E-state index contributed by atoms with van der Waals surface area (Å²) in [4.78, 5) is 39.9. The van der Waals surface area contributed by atoms with Crippen LogP contribution in [0, 0.1) is 11.3 Å². The third-order valence-electron chi connectivity index (χ3n) is 6.40. The molecule has 2 heterocycles. The number of urea groups is 1. The number of hydrogen-bond donors (Lipinski definition) is 1. The number of anilines is 1. The highest BCUT2D eigenvalue weighted by Gasteiger charge is 2.35. The van der Waals surface area contributed by atoms with Crippen molar-refractivity contribution in [1.29, 1.82) is 5.26 Å². The molecule has 5 rings (SSSR count). The van der Waals surface area contributed by atoms with Gasteiger partial charge in [0.25, 0.3) is 11.5 Å². The maximum absolute atomic E-state index is 14.2. The van der Waals surface area contributed by atoms with Crippen molar-refractivity contribution in [2.75, 3.05) is 18.0 Å². The number of benzene rings is 2. The Morgan fingerprint density at radius 3 is 2.46 bits per heavy atom. The van der Waals surface area contributed by atoms with Gasteiger partial charge in [-0.2, -0.15) is 9.94 Å². The predicted octanol–water partition coefficient (Wildman–Crippen LogP) is 2.44. The van der Waals surface area contributed by atoms with Crippen LogP contribution in [0.1, 0.15) is 41.8 Å². The van der Waals surface area contributed by atoms with E-state index in [0.29, 0.717) is 29.9 Å². The number of nitrogens with one attached hydrogen (secondary N) is 1. The second kappa shape index (κ2) is 8.16. The summed E-state index contributed by atoms with van der Waals surface area (Å²) in [5, 5.41) is 16.2. The standard InChI is InChI=1S/C24H20F2N6O3/c1-24(25,26)18-4-2-3-17-16(18)9-10-20(17)31-21(33)19(13-27)29-32(23(31)35)15-7-5-14(6-8-15)30-12-11-28-22(30)34/h2-8,20H,9-12H2,1H3,(H,28,34)/t20-/m1/s1. The van der Waals surface area contributed by atoms with Crippen LogP contribution in [0.4, 0.5) is 19.3 Å². The Hall–Kier alpha value is -4.33. The van der Waals surface area contributed by atoms with Gasteiger partial charge in [0.15, 0.2) is 0 Å². The molecule has 1 aromatic heterocycles. The lowest BCUT2D eigenvalue weighted by atomic mass is 9.98. The van der Waals surface area contributed by atoms with Crippen LogP contribution in [-0.2, 0) is 12.3 Å². The van der Waals surface area contributed by atoms with Gasteiger partial charge in [0.05, 0.1) is 11.7 Å². The number of fused-ring (bicyclic) bond motifs is 1. The molecule has 2 amide bonds. The average Bonchev–Trinajstić information content (AvgIpc) is 3.45. The zero-order chi connectivity index (χ0) is 24.9. The first-order valence-corrected chi connectivity index (χ1v) is 11.0. The molecule has 1 aliphatic carbocycles. The molecule has 3 aromatic rings. The molecular weight excluding hydrogens is 458 g/mol. The monoisotopic (exact) mass is 478 g/mol. The Morgan fingerprint density at radius 2 is 1.83 bits per heavy atom. The summed E-state index contributed by atoms with van der Waals surface area (Å²) in [6.45, 7) is 1.83. The van der Waals surface area contributed by atoms with Gasteiger partial charge >= 0.3 is 11.7 Å². The van der Waals surface area contributed by atoms with E-state index in [4.69, 9.17) is 0 Å². The summed E-state index contributed by atoms with van der Waals surface area (Å²) < 4.78 is 30.2. The molecule has 0 saturated carbocycles. The predicted molar refractivity (Wildman–Crippen MR) is 122 cm³/mol. The van der Waals surface area contributed by atoms with Crippen LogP contribution in [0.5, 0.6) is 0 Å². The number of hydrogen-bond acceptors (Lipinski definition) is 5. The summed E-state index contributed by atoms with van der Waals surface area (Å²) in [6, 6.07) is 11.5. The first-order valence-electron chi connectivity index (χ1n) is 11.0. The molecule has 2 aromatic carbocycles. The van der Waals surface area contributed by atoms with Gasteiger partial charge in [-0.1, -0.05) is 18.2 Å². The SMILES string of the molecule is CC(F)(F)c1cccc2c1CC[C@H]2n1c(=O)c(C#N)nn(-c2ccc(N3CCNC3=O)cc2)c1=O. The highest BCUT2D eigenvalue weighted by molar-refractivity contribution is 5.94. The maximum atomic E-state index is 14.2. The number of nitriles is 1. The Bertz CT molecular complexity index is 1500. The minimum absolute atomic E-state index is 0.137. The molecule has 178 valence electrons. The van der Waals surface area contributed by atoms with Gasteiger partial charge in [-0.25, -0.2) is 22.9 Å². The van der Waals surface area contributed by atoms with Crippen molar-refractivity contribution < 1.29 is 13.6 Å². The summed E-state index contributed by atoms with van der Waals surface area (Å²) in [5.74, 6) is -3.07. The summed E-state index contributed by atoms with van der Waals surface area (Å²) in [5.41, 5.74) is -0.511. The van der Waals surface area contributed by atoms with Crippen LogP contribution in [0.2, 0.25) is 0 Å². The molecular formula is C24H20F2N6O3. The van der Waals surface area contributed by atoms with E-state index < -0.39 is 28.9 Å². The molecule has 1 saturated heterocycles. The Balaban J connectivity index is 1.62. The number of alkyl halides is 2. The second-order valence-corrected chi connectivity index (χ2v) is 8.55. The highest BCUT2D eigenvalue weighted by Crippen LogP contribution is 2.40. The van der Waals surface area contributed by atoms with Gasteiger partial charge in [-0.3, -0.25) is 9.69 Å². The van der Waals surface area contributed by atoms with Crippen LogP contribution in [0.3, 0.4) is 0 Å². The quantitative estimate of drug-likeness (QED) is 0.619. The normalized spacial score (nSPS) is 17.3. The van der Waals surface area contributed by atoms with E-state index in [9.17, 15) is 28.4 Å². The van der Waals surface area contributed by atoms with Gasteiger partial charge in [0.1, 0.15) is 6.07 Å². The zero-order valence-electron chi connectivity index (χ0n) is 18.7. The van der Waals surface area contributed by atoms with Crippen LogP contribution in [-0.4, -0.2) is 33.5 Å². The zero-order valence-corrected chi connectivity index (χ0v) is 18.7. The molecule has 1 aliphatic heterocycles. The Labute approximate surface area is 197 Å². The minimum atomic E-state index is -3.07. The van der Waals surface area contributed by atoms with Crippen LogP contribution >= 0.6 is 0 Å². The van der Waals surface area contributed by atoms with Crippen LogP contribution in [0.25, 0.3) is 5.69 Å². The Morgan fingerprint density at radius 1 is 1.11 bits per heavy atom. The molecule has 9 nitrogen and oxygen atoms in total. The number of aromatic nitrogens is 3. The smallest absolute Gasteiger partial charge is 0.336 e. The van der Waals surface area contributed by atoms with Crippen molar-refractivity contribution in [1.82, 2.24) is 19.7 Å². The van der Waals surface area contributed by atoms with Crippen molar-refractivity contribution in [3.05, 3.63) is 85.7 Å². The molecule has 0 radical (unpaired) electrons. The molecule has 11 heteroatoms. The van der Waals surface area contributed by atoms with Gasteiger partial charge < -0.3 is 5.32 Å². The number of nitrogens with zero attached hydrogens (tertiary/aromatic N) is 5. The van der Waals surface area contributed by atoms with E-state index in [1.165, 1.54) is 17.0 Å². The van der Waals surface area contributed by atoms with Crippen LogP contribution in [0.15, 0.2) is 52.1 Å². The third kappa shape index (κ3) is 3.67. The maximum Gasteiger partial charge on any atom is 0.352 e. The van der Waals surface area contributed by atoms with E-state index in [1.54, 1.807) is 36.4 Å². The van der Waals surface area contributed by atoms with Gasteiger partial charge in [0.2, 0.25) is 5.69 Å². The van der Waals surface area contributed by atoms with Crippen molar-refractivity contribution in [2.45, 2.75) is 31.7 Å². The largest absolute Gasteiger partial charge is 0.352 e. The van der Waals surface area contributed by atoms with Crippen molar-refractivity contribution in [3.63, 3.8) is 0 Å². The molecule has 1 atom stereocenters.